The van der Waals surface area contributed by atoms with Crippen molar-refractivity contribution in [2.24, 2.45) is 5.92 Å². The van der Waals surface area contributed by atoms with Gasteiger partial charge in [-0.15, -0.1) is 0 Å². The maximum Gasteiger partial charge on any atom is 0.266 e. The second-order valence-corrected chi connectivity index (χ2v) is 10.0. The molecule has 4 rings (SSSR count). The van der Waals surface area contributed by atoms with Crippen molar-refractivity contribution in [2.75, 3.05) is 13.7 Å². The van der Waals surface area contributed by atoms with Crippen LogP contribution < -0.4 is 10.3 Å². The van der Waals surface area contributed by atoms with Gasteiger partial charge in [0.15, 0.2) is 0 Å². The van der Waals surface area contributed by atoms with Crippen molar-refractivity contribution in [1.29, 1.82) is 0 Å². The van der Waals surface area contributed by atoms with Crippen LogP contribution in [0.2, 0.25) is 10.0 Å². The first kappa shape index (κ1) is 26.7. The predicted octanol–water partition coefficient (Wildman–Crippen LogP) is 6.95. The molecule has 192 valence electrons. The van der Waals surface area contributed by atoms with Gasteiger partial charge < -0.3 is 9.64 Å². The summed E-state index contributed by atoms with van der Waals surface area (Å²) in [4.78, 5) is 34.5. The topological polar surface area (TPSA) is 64.4 Å². The van der Waals surface area contributed by atoms with Gasteiger partial charge in [0.2, 0.25) is 0 Å². The van der Waals surface area contributed by atoms with E-state index in [2.05, 4.69) is 0 Å². The Morgan fingerprint density at radius 2 is 1.73 bits per heavy atom. The van der Waals surface area contributed by atoms with Crippen LogP contribution in [-0.4, -0.2) is 34.0 Å². The highest BCUT2D eigenvalue weighted by Gasteiger charge is 2.30. The molecule has 0 spiro atoms. The van der Waals surface area contributed by atoms with Gasteiger partial charge in [-0.25, -0.2) is 4.98 Å². The third-order valence-electron chi connectivity index (χ3n) is 6.18. The molecule has 1 amide bonds. The molecule has 0 bridgehead atoms. The molecular formula is C29H29Cl2N3O3. The molecule has 0 fully saturated rings. The summed E-state index contributed by atoms with van der Waals surface area (Å²) in [6.45, 7) is 6.54. The zero-order chi connectivity index (χ0) is 26.7. The first-order valence-electron chi connectivity index (χ1n) is 12.2. The number of ether oxygens (including phenoxy) is 1. The van der Waals surface area contributed by atoms with E-state index in [1.807, 2.05) is 51.1 Å². The maximum atomic E-state index is 13.9. The minimum atomic E-state index is -0.483. The molecule has 1 heterocycles. The number of fused-ring (bicyclic) bond motifs is 1. The average molecular weight is 538 g/mol. The maximum absolute atomic E-state index is 13.9. The number of nitrogens with zero attached hydrogens (tertiary/aromatic N) is 3. The van der Waals surface area contributed by atoms with E-state index >= 15 is 0 Å². The van der Waals surface area contributed by atoms with Crippen LogP contribution in [0.1, 0.15) is 49.4 Å². The monoisotopic (exact) mass is 537 g/mol. The molecule has 37 heavy (non-hydrogen) atoms. The van der Waals surface area contributed by atoms with Crippen LogP contribution in [0.5, 0.6) is 5.75 Å². The summed E-state index contributed by atoms with van der Waals surface area (Å²) in [5, 5.41) is 1.19. The fourth-order valence-electron chi connectivity index (χ4n) is 4.44. The van der Waals surface area contributed by atoms with E-state index in [9.17, 15) is 9.59 Å². The lowest BCUT2D eigenvalue weighted by molar-refractivity contribution is 0.0631. The highest BCUT2D eigenvalue weighted by atomic mass is 35.5. The van der Waals surface area contributed by atoms with Crippen LogP contribution in [-0.2, 0) is 0 Å². The third-order valence-corrected chi connectivity index (χ3v) is 6.92. The smallest absolute Gasteiger partial charge is 0.266 e. The number of hydrogen-bond donors (Lipinski definition) is 0. The SMILES string of the molecule is CCC(c1nc2ccccc2c(=O)n1-c1ccc(OC)cc1)N(CC(C)C)C(=O)c1ccc(Cl)c(Cl)c1. The fourth-order valence-corrected chi connectivity index (χ4v) is 4.73. The number of rotatable bonds is 8. The molecule has 0 saturated heterocycles. The quantitative estimate of drug-likeness (QED) is 0.244. The second-order valence-electron chi connectivity index (χ2n) is 9.23. The first-order chi connectivity index (χ1) is 17.7. The van der Waals surface area contributed by atoms with Gasteiger partial charge in [0, 0.05) is 12.1 Å². The van der Waals surface area contributed by atoms with E-state index in [1.165, 1.54) is 0 Å². The highest BCUT2D eigenvalue weighted by molar-refractivity contribution is 6.42. The van der Waals surface area contributed by atoms with Gasteiger partial charge in [-0.2, -0.15) is 0 Å². The lowest BCUT2D eigenvalue weighted by atomic mass is 10.1. The Morgan fingerprint density at radius 1 is 1.03 bits per heavy atom. The summed E-state index contributed by atoms with van der Waals surface area (Å²) >= 11 is 12.3. The first-order valence-corrected chi connectivity index (χ1v) is 12.9. The molecule has 0 N–H and O–H groups in total. The largest absolute Gasteiger partial charge is 0.497 e. The standard InChI is InChI=1S/C29H29Cl2N3O3/c1-5-26(33(17-18(2)3)28(35)19-10-15-23(30)24(31)16-19)27-32-25-9-7-6-8-22(25)29(36)34(27)20-11-13-21(37-4)14-12-20/h6-16,18,26H,5,17H2,1-4H3. The number of carbonyl (C=O) groups is 1. The molecule has 0 radical (unpaired) electrons. The molecule has 0 aliphatic heterocycles. The van der Waals surface area contributed by atoms with E-state index in [1.54, 1.807) is 53.0 Å². The number of halogens is 2. The van der Waals surface area contributed by atoms with Gasteiger partial charge >= 0.3 is 0 Å². The summed E-state index contributed by atoms with van der Waals surface area (Å²) < 4.78 is 6.91. The van der Waals surface area contributed by atoms with Crippen LogP contribution >= 0.6 is 23.2 Å². The summed E-state index contributed by atoms with van der Waals surface area (Å²) in [5.41, 5.74) is 1.45. The number of carbonyl (C=O) groups excluding carboxylic acids is 1. The lowest BCUT2D eigenvalue weighted by Crippen LogP contribution is -2.40. The summed E-state index contributed by atoms with van der Waals surface area (Å²) in [6.07, 6.45) is 0.542. The Balaban J connectivity index is 1.94. The number of methoxy groups -OCH3 is 1. The Labute approximate surface area is 226 Å². The number of hydrogen-bond acceptors (Lipinski definition) is 4. The zero-order valence-corrected chi connectivity index (χ0v) is 22.8. The molecule has 1 aromatic heterocycles. The molecule has 0 aliphatic carbocycles. The highest BCUT2D eigenvalue weighted by Crippen LogP contribution is 2.30. The number of aromatic nitrogens is 2. The summed E-state index contributed by atoms with van der Waals surface area (Å²) in [5.74, 6) is 1.13. The molecular weight excluding hydrogens is 509 g/mol. The Kier molecular flexibility index (Phi) is 8.20. The van der Waals surface area contributed by atoms with Crippen LogP contribution in [0.4, 0.5) is 0 Å². The molecule has 0 saturated carbocycles. The van der Waals surface area contributed by atoms with Gasteiger partial charge in [0.25, 0.3) is 11.5 Å². The molecule has 4 aromatic rings. The van der Waals surface area contributed by atoms with Crippen molar-refractivity contribution in [3.05, 3.63) is 98.5 Å². The molecule has 3 aromatic carbocycles. The van der Waals surface area contributed by atoms with Crippen molar-refractivity contribution in [3.63, 3.8) is 0 Å². The van der Waals surface area contributed by atoms with Crippen molar-refractivity contribution in [1.82, 2.24) is 14.5 Å². The van der Waals surface area contributed by atoms with Crippen molar-refractivity contribution in [3.8, 4) is 11.4 Å². The van der Waals surface area contributed by atoms with Crippen LogP contribution in [0, 0.1) is 5.92 Å². The molecule has 1 unspecified atom stereocenters. The normalized spacial score (nSPS) is 12.1. The molecule has 8 heteroatoms. The van der Waals surface area contributed by atoms with Crippen LogP contribution in [0.3, 0.4) is 0 Å². The Bertz CT molecular complexity index is 1480. The van der Waals surface area contributed by atoms with E-state index in [0.717, 1.165) is 0 Å². The fraction of sp³-hybridized carbons (Fsp3) is 0.276. The second kappa shape index (κ2) is 11.4. The van der Waals surface area contributed by atoms with Gasteiger partial charge in [0.05, 0.1) is 39.8 Å². The number of amides is 1. The molecule has 6 nitrogen and oxygen atoms in total. The molecule has 1 atom stereocenters. The van der Waals surface area contributed by atoms with E-state index in [-0.39, 0.29) is 17.4 Å². The van der Waals surface area contributed by atoms with Gasteiger partial charge in [-0.1, -0.05) is 56.1 Å². The number of para-hydroxylation sites is 1. The Morgan fingerprint density at radius 3 is 2.35 bits per heavy atom. The minimum Gasteiger partial charge on any atom is -0.497 e. The van der Waals surface area contributed by atoms with Crippen molar-refractivity contribution in [2.45, 2.75) is 33.2 Å². The third kappa shape index (κ3) is 5.50. The van der Waals surface area contributed by atoms with Gasteiger partial charge in [-0.3, -0.25) is 14.2 Å². The zero-order valence-electron chi connectivity index (χ0n) is 21.2. The van der Waals surface area contributed by atoms with Crippen LogP contribution in [0.15, 0.2) is 71.5 Å². The van der Waals surface area contributed by atoms with Gasteiger partial charge in [0.1, 0.15) is 11.6 Å². The van der Waals surface area contributed by atoms with E-state index < -0.39 is 6.04 Å². The minimum absolute atomic E-state index is 0.169. The average Bonchev–Trinajstić information content (AvgIpc) is 2.90. The van der Waals surface area contributed by atoms with E-state index in [4.69, 9.17) is 32.9 Å². The summed E-state index contributed by atoms with van der Waals surface area (Å²) in [6, 6.07) is 18.9. The van der Waals surface area contributed by atoms with Crippen molar-refractivity contribution >= 4 is 40.0 Å². The Hall–Kier alpha value is -3.35. The van der Waals surface area contributed by atoms with Crippen molar-refractivity contribution < 1.29 is 9.53 Å². The van der Waals surface area contributed by atoms with Gasteiger partial charge in [-0.05, 0) is 66.9 Å². The predicted molar refractivity (Wildman–Crippen MR) is 149 cm³/mol. The number of benzene rings is 3. The lowest BCUT2D eigenvalue weighted by Gasteiger charge is -2.33. The van der Waals surface area contributed by atoms with Crippen LogP contribution in [0.25, 0.3) is 16.6 Å². The van der Waals surface area contributed by atoms with E-state index in [0.29, 0.717) is 56.7 Å². The summed E-state index contributed by atoms with van der Waals surface area (Å²) in [7, 11) is 1.59. The molecule has 0 aliphatic rings.